The first kappa shape index (κ1) is 21.4. The highest BCUT2D eigenvalue weighted by Gasteiger charge is 2.18. The molecule has 0 amide bonds. The smallest absolute Gasteiger partial charge is 0.341 e. The van der Waals surface area contributed by atoms with E-state index in [1.807, 2.05) is 19.9 Å². The van der Waals surface area contributed by atoms with Gasteiger partial charge in [-0.05, 0) is 37.5 Å². The number of methoxy groups -OCH3 is 1. The van der Waals surface area contributed by atoms with Crippen LogP contribution in [-0.2, 0) is 25.4 Å². The number of hydrogen-bond donors (Lipinski definition) is 0. The minimum atomic E-state index is -0.358. The van der Waals surface area contributed by atoms with Gasteiger partial charge >= 0.3 is 5.97 Å². The average molecular weight is 354 g/mol. The van der Waals surface area contributed by atoms with E-state index >= 15 is 0 Å². The predicted octanol–water partition coefficient (Wildman–Crippen LogP) is 2.79. The summed E-state index contributed by atoms with van der Waals surface area (Å²) in [6, 6.07) is 3.83. The molecule has 0 atom stereocenters. The molecule has 0 fully saturated rings. The molecule has 0 aliphatic rings. The summed E-state index contributed by atoms with van der Waals surface area (Å²) in [7, 11) is 1.64. The second kappa shape index (κ2) is 12.7. The number of carbonyl (C=O) groups excluding carboxylic acids is 1. The maximum Gasteiger partial charge on any atom is 0.341 e. The van der Waals surface area contributed by atoms with Crippen LogP contribution in [0.2, 0.25) is 0 Å². The third kappa shape index (κ3) is 7.86. The highest BCUT2D eigenvalue weighted by molar-refractivity contribution is 5.93. The Morgan fingerprint density at radius 2 is 1.60 bits per heavy atom. The van der Waals surface area contributed by atoms with Gasteiger partial charge in [0.05, 0.1) is 39.6 Å². The van der Waals surface area contributed by atoms with Gasteiger partial charge in [-0.15, -0.1) is 0 Å². The van der Waals surface area contributed by atoms with E-state index in [1.165, 1.54) is 0 Å². The van der Waals surface area contributed by atoms with Crippen molar-refractivity contribution < 1.29 is 28.5 Å². The zero-order valence-electron chi connectivity index (χ0n) is 15.8. The summed E-state index contributed by atoms with van der Waals surface area (Å²) < 4.78 is 26.7. The molecule has 0 unspecified atom stereocenters. The third-order valence-electron chi connectivity index (χ3n) is 3.46. The van der Waals surface area contributed by atoms with E-state index in [2.05, 4.69) is 0 Å². The lowest BCUT2D eigenvalue weighted by molar-refractivity contribution is 0.0177. The van der Waals surface area contributed by atoms with E-state index in [1.54, 1.807) is 20.1 Å². The lowest BCUT2D eigenvalue weighted by atomic mass is 10.0. The van der Waals surface area contributed by atoms with Crippen LogP contribution >= 0.6 is 0 Å². The van der Waals surface area contributed by atoms with E-state index in [-0.39, 0.29) is 5.97 Å². The zero-order valence-corrected chi connectivity index (χ0v) is 15.8. The van der Waals surface area contributed by atoms with Crippen LogP contribution in [0.5, 0.6) is 5.75 Å². The second-order valence-corrected chi connectivity index (χ2v) is 5.44. The topological polar surface area (TPSA) is 63.2 Å². The highest BCUT2D eigenvalue weighted by atomic mass is 16.6. The second-order valence-electron chi connectivity index (χ2n) is 5.44. The molecule has 0 N–H and O–H groups in total. The molecule has 25 heavy (non-hydrogen) atoms. The monoisotopic (exact) mass is 354 g/mol. The quantitative estimate of drug-likeness (QED) is 0.401. The number of rotatable bonds is 13. The summed E-state index contributed by atoms with van der Waals surface area (Å²) in [5, 5.41) is 0. The molecule has 0 spiro atoms. The van der Waals surface area contributed by atoms with Crippen LogP contribution in [0.15, 0.2) is 12.1 Å². The average Bonchev–Trinajstić information content (AvgIpc) is 2.60. The van der Waals surface area contributed by atoms with Crippen molar-refractivity contribution >= 4 is 5.97 Å². The standard InChI is InChI=1S/C19H30O6/c1-5-16-13-15(3)14-17(19(20)24-6-2)18(16)25-12-11-23-10-9-22-8-7-21-4/h13-14H,5-12H2,1-4H3. The van der Waals surface area contributed by atoms with Crippen molar-refractivity contribution in [2.24, 2.45) is 0 Å². The Bertz CT molecular complexity index is 515. The maximum atomic E-state index is 12.2. The van der Waals surface area contributed by atoms with Gasteiger partial charge in [0.2, 0.25) is 0 Å². The molecule has 0 aliphatic carbocycles. The van der Waals surface area contributed by atoms with Crippen LogP contribution in [0.1, 0.15) is 35.3 Å². The summed E-state index contributed by atoms with van der Waals surface area (Å²) in [5.41, 5.74) is 2.48. The molecule has 0 aromatic heterocycles. The predicted molar refractivity (Wildman–Crippen MR) is 95.5 cm³/mol. The normalized spacial score (nSPS) is 10.7. The van der Waals surface area contributed by atoms with Crippen molar-refractivity contribution in [2.45, 2.75) is 27.2 Å². The Labute approximate surface area is 150 Å². The molecular formula is C19H30O6. The van der Waals surface area contributed by atoms with E-state index in [0.29, 0.717) is 57.6 Å². The molecule has 1 aromatic carbocycles. The molecule has 0 radical (unpaired) electrons. The van der Waals surface area contributed by atoms with Crippen molar-refractivity contribution in [1.82, 2.24) is 0 Å². The van der Waals surface area contributed by atoms with Gasteiger partial charge in [-0.2, -0.15) is 0 Å². The minimum absolute atomic E-state index is 0.333. The van der Waals surface area contributed by atoms with Gasteiger partial charge in [-0.1, -0.05) is 13.0 Å². The van der Waals surface area contributed by atoms with Gasteiger partial charge in [0, 0.05) is 7.11 Å². The Balaban J connectivity index is 2.52. The zero-order chi connectivity index (χ0) is 18.5. The van der Waals surface area contributed by atoms with Crippen LogP contribution in [0.3, 0.4) is 0 Å². The van der Waals surface area contributed by atoms with Gasteiger partial charge < -0.3 is 23.7 Å². The molecule has 0 heterocycles. The minimum Gasteiger partial charge on any atom is -0.490 e. The third-order valence-corrected chi connectivity index (χ3v) is 3.46. The van der Waals surface area contributed by atoms with Crippen LogP contribution in [-0.4, -0.2) is 59.3 Å². The summed E-state index contributed by atoms with van der Waals surface area (Å²) in [6.45, 7) is 9.04. The molecule has 1 aromatic rings. The van der Waals surface area contributed by atoms with Gasteiger partial charge in [-0.25, -0.2) is 4.79 Å². The SMILES string of the molecule is CCOC(=O)c1cc(C)cc(CC)c1OCCOCCOCCOC. The fraction of sp³-hybridized carbons (Fsp3) is 0.632. The van der Waals surface area contributed by atoms with Crippen LogP contribution in [0.4, 0.5) is 0 Å². The number of ether oxygens (including phenoxy) is 5. The first-order valence-corrected chi connectivity index (χ1v) is 8.71. The molecule has 6 heteroatoms. The van der Waals surface area contributed by atoms with Crippen molar-refractivity contribution in [2.75, 3.05) is 53.4 Å². The van der Waals surface area contributed by atoms with Crippen molar-refractivity contribution in [3.05, 3.63) is 28.8 Å². The Morgan fingerprint density at radius 3 is 2.20 bits per heavy atom. The molecule has 0 bridgehead atoms. The van der Waals surface area contributed by atoms with Crippen molar-refractivity contribution in [3.8, 4) is 5.75 Å². The fourth-order valence-corrected chi connectivity index (χ4v) is 2.31. The maximum absolute atomic E-state index is 12.2. The molecule has 0 saturated heterocycles. The molecule has 0 saturated carbocycles. The molecule has 6 nitrogen and oxygen atoms in total. The number of aryl methyl sites for hydroxylation is 2. The first-order chi connectivity index (χ1) is 12.1. The summed E-state index contributed by atoms with van der Waals surface area (Å²) in [4.78, 5) is 12.2. The Morgan fingerprint density at radius 1 is 0.960 bits per heavy atom. The molecule has 0 aliphatic heterocycles. The highest BCUT2D eigenvalue weighted by Crippen LogP contribution is 2.27. The number of hydrogen-bond acceptors (Lipinski definition) is 6. The number of esters is 1. The van der Waals surface area contributed by atoms with Crippen LogP contribution in [0, 0.1) is 6.92 Å². The molecule has 1 rings (SSSR count). The lowest BCUT2D eigenvalue weighted by Gasteiger charge is -2.16. The first-order valence-electron chi connectivity index (χ1n) is 8.71. The van der Waals surface area contributed by atoms with Gasteiger partial charge in [0.1, 0.15) is 17.9 Å². The van der Waals surface area contributed by atoms with Crippen molar-refractivity contribution in [1.29, 1.82) is 0 Å². The van der Waals surface area contributed by atoms with Gasteiger partial charge in [0.15, 0.2) is 0 Å². The number of benzene rings is 1. The fourth-order valence-electron chi connectivity index (χ4n) is 2.31. The Kier molecular flexibility index (Phi) is 10.9. The van der Waals surface area contributed by atoms with E-state index in [0.717, 1.165) is 17.5 Å². The number of carbonyl (C=O) groups is 1. The van der Waals surface area contributed by atoms with Gasteiger partial charge in [0.25, 0.3) is 0 Å². The van der Waals surface area contributed by atoms with E-state index in [9.17, 15) is 4.79 Å². The largest absolute Gasteiger partial charge is 0.490 e. The van der Waals surface area contributed by atoms with Crippen molar-refractivity contribution in [3.63, 3.8) is 0 Å². The van der Waals surface area contributed by atoms with Crippen LogP contribution in [0.25, 0.3) is 0 Å². The summed E-state index contributed by atoms with van der Waals surface area (Å²) in [6.07, 6.45) is 0.775. The van der Waals surface area contributed by atoms with Gasteiger partial charge in [-0.3, -0.25) is 0 Å². The molecular weight excluding hydrogens is 324 g/mol. The van der Waals surface area contributed by atoms with E-state index in [4.69, 9.17) is 23.7 Å². The molecule has 142 valence electrons. The summed E-state index contributed by atoms with van der Waals surface area (Å²) >= 11 is 0. The van der Waals surface area contributed by atoms with E-state index < -0.39 is 0 Å². The van der Waals surface area contributed by atoms with Crippen LogP contribution < -0.4 is 4.74 Å². The Hall–Kier alpha value is -1.63. The summed E-state index contributed by atoms with van der Waals surface area (Å²) in [5.74, 6) is 0.231. The lowest BCUT2D eigenvalue weighted by Crippen LogP contribution is -2.15.